The molecule has 54 heavy (non-hydrogen) atoms. The molecular formula is C42H47F3N6O3. The second-order valence-corrected chi connectivity index (χ2v) is 13.6. The van der Waals surface area contributed by atoms with E-state index in [2.05, 4.69) is 14.8 Å². The molecule has 0 bridgehead atoms. The molecular weight excluding hydrogens is 693 g/mol. The van der Waals surface area contributed by atoms with Gasteiger partial charge in [-0.3, -0.25) is 19.4 Å². The first kappa shape index (κ1) is 39.7. The molecule has 1 saturated heterocycles. The van der Waals surface area contributed by atoms with Crippen LogP contribution >= 0.6 is 0 Å². The van der Waals surface area contributed by atoms with Crippen LogP contribution in [0.25, 0.3) is 6.08 Å². The summed E-state index contributed by atoms with van der Waals surface area (Å²) in [4.78, 5) is 53.9. The number of amides is 3. The van der Waals surface area contributed by atoms with Crippen molar-refractivity contribution in [3.63, 3.8) is 0 Å². The quantitative estimate of drug-likeness (QED) is 0.148. The van der Waals surface area contributed by atoms with Gasteiger partial charge in [-0.15, -0.1) is 0 Å². The summed E-state index contributed by atoms with van der Waals surface area (Å²) in [6, 6.07) is 25.0. The molecule has 284 valence electrons. The fourth-order valence-electron chi connectivity index (χ4n) is 6.41. The van der Waals surface area contributed by atoms with Crippen molar-refractivity contribution in [2.45, 2.75) is 38.7 Å². The Morgan fingerprint density at radius 1 is 0.778 bits per heavy atom. The van der Waals surface area contributed by atoms with Gasteiger partial charge in [0.1, 0.15) is 6.04 Å². The monoisotopic (exact) mass is 740 g/mol. The predicted molar refractivity (Wildman–Crippen MR) is 204 cm³/mol. The SMILES string of the molecule is CC(=O)N1CCN(c2ccc(CN(C(=O)C=Cc3ccc(C(F)(F)F)cc3)C(Cc3ccccc3)C(=O)N(C)CCN(C)Cc3ccncc3)cc2)CC1. The summed E-state index contributed by atoms with van der Waals surface area (Å²) in [5.74, 6) is -0.617. The average molecular weight is 741 g/mol. The van der Waals surface area contributed by atoms with Crippen LogP contribution < -0.4 is 4.90 Å². The van der Waals surface area contributed by atoms with Crippen molar-refractivity contribution in [3.8, 4) is 0 Å². The fraction of sp³-hybridized carbons (Fsp3) is 0.333. The number of likely N-dealkylation sites (N-methyl/N-ethyl adjacent to an activating group) is 2. The van der Waals surface area contributed by atoms with E-state index in [1.807, 2.05) is 78.7 Å². The summed E-state index contributed by atoms with van der Waals surface area (Å²) in [5.41, 5.74) is 3.43. The number of pyridine rings is 1. The number of hydrogen-bond donors (Lipinski definition) is 0. The lowest BCUT2D eigenvalue weighted by atomic mass is 10.0. The number of carbonyl (C=O) groups is 3. The Balaban J connectivity index is 1.40. The minimum atomic E-state index is -4.47. The third-order valence-corrected chi connectivity index (χ3v) is 9.65. The molecule has 0 spiro atoms. The molecule has 0 N–H and O–H groups in total. The summed E-state index contributed by atoms with van der Waals surface area (Å²) in [7, 11) is 3.72. The van der Waals surface area contributed by atoms with E-state index >= 15 is 0 Å². The predicted octanol–water partition coefficient (Wildman–Crippen LogP) is 6.01. The summed E-state index contributed by atoms with van der Waals surface area (Å²) < 4.78 is 39.6. The molecule has 0 aliphatic carbocycles. The molecule has 3 amide bonds. The van der Waals surface area contributed by atoms with Crippen LogP contribution in [0.2, 0.25) is 0 Å². The van der Waals surface area contributed by atoms with Gasteiger partial charge in [-0.1, -0.05) is 54.6 Å². The van der Waals surface area contributed by atoms with E-state index in [0.717, 1.165) is 34.5 Å². The van der Waals surface area contributed by atoms with Crippen LogP contribution in [0.1, 0.15) is 34.7 Å². The topological polar surface area (TPSA) is 80.3 Å². The molecule has 1 fully saturated rings. The maximum atomic E-state index is 14.4. The average Bonchev–Trinajstić information content (AvgIpc) is 3.18. The molecule has 1 unspecified atom stereocenters. The summed E-state index contributed by atoms with van der Waals surface area (Å²) >= 11 is 0. The molecule has 0 radical (unpaired) electrons. The van der Waals surface area contributed by atoms with Gasteiger partial charge in [-0.25, -0.2) is 0 Å². The van der Waals surface area contributed by atoms with E-state index in [4.69, 9.17) is 0 Å². The maximum absolute atomic E-state index is 14.4. The van der Waals surface area contributed by atoms with Crippen LogP contribution in [0.4, 0.5) is 18.9 Å². The molecule has 3 aromatic carbocycles. The Hall–Kier alpha value is -5.49. The second kappa shape index (κ2) is 18.5. The van der Waals surface area contributed by atoms with E-state index in [-0.39, 0.29) is 24.8 Å². The van der Waals surface area contributed by atoms with Gasteiger partial charge in [0, 0.05) is 96.9 Å². The summed E-state index contributed by atoms with van der Waals surface area (Å²) in [5, 5.41) is 0. The van der Waals surface area contributed by atoms with Crippen LogP contribution in [0.5, 0.6) is 0 Å². The maximum Gasteiger partial charge on any atom is 0.416 e. The summed E-state index contributed by atoms with van der Waals surface area (Å²) in [6.45, 7) is 6.07. The lowest BCUT2D eigenvalue weighted by molar-refractivity contribution is -0.143. The van der Waals surface area contributed by atoms with Crippen molar-refractivity contribution in [1.82, 2.24) is 24.6 Å². The highest BCUT2D eigenvalue weighted by molar-refractivity contribution is 5.95. The van der Waals surface area contributed by atoms with Crippen LogP contribution in [0.3, 0.4) is 0 Å². The van der Waals surface area contributed by atoms with E-state index in [9.17, 15) is 27.6 Å². The van der Waals surface area contributed by atoms with Gasteiger partial charge in [-0.05, 0) is 71.8 Å². The van der Waals surface area contributed by atoms with E-state index in [1.54, 1.807) is 36.2 Å². The number of aromatic nitrogens is 1. The number of carbonyl (C=O) groups excluding carboxylic acids is 3. The van der Waals surface area contributed by atoms with Gasteiger partial charge < -0.3 is 24.5 Å². The third kappa shape index (κ3) is 11.3. The Bertz CT molecular complexity index is 1850. The van der Waals surface area contributed by atoms with Gasteiger partial charge in [0.05, 0.1) is 5.56 Å². The number of rotatable bonds is 14. The summed E-state index contributed by atoms with van der Waals surface area (Å²) in [6.07, 6.45) is 2.07. The Morgan fingerprint density at radius 3 is 2.02 bits per heavy atom. The first-order valence-electron chi connectivity index (χ1n) is 18.0. The number of anilines is 1. The molecule has 4 aromatic rings. The molecule has 5 rings (SSSR count). The number of nitrogens with zero attached hydrogens (tertiary/aromatic N) is 6. The molecule has 1 aromatic heterocycles. The van der Waals surface area contributed by atoms with E-state index < -0.39 is 23.7 Å². The minimum Gasteiger partial charge on any atom is -0.368 e. The van der Waals surface area contributed by atoms with Gasteiger partial charge in [0.25, 0.3) is 0 Å². The van der Waals surface area contributed by atoms with Crippen LogP contribution in [-0.4, -0.2) is 102 Å². The Kier molecular flexibility index (Phi) is 13.6. The van der Waals surface area contributed by atoms with Gasteiger partial charge in [0.15, 0.2) is 0 Å². The van der Waals surface area contributed by atoms with Gasteiger partial charge in [0.2, 0.25) is 17.7 Å². The molecule has 2 heterocycles. The standard InChI is InChI=1S/C42H47F3N6O3/c1-32(52)49-25-27-50(28-26-49)38-16-11-35(12-17-38)31-51(40(53)18-13-33-9-14-37(15-10-33)42(43,44)45)39(29-34-7-5-4-6-8-34)41(54)48(3)24-23-47(2)30-36-19-21-46-22-20-36/h4-22,39H,23-31H2,1-3H3. The molecule has 1 atom stereocenters. The highest BCUT2D eigenvalue weighted by Crippen LogP contribution is 2.29. The number of hydrogen-bond acceptors (Lipinski definition) is 6. The van der Waals surface area contributed by atoms with Crippen molar-refractivity contribution in [1.29, 1.82) is 0 Å². The second-order valence-electron chi connectivity index (χ2n) is 13.6. The van der Waals surface area contributed by atoms with Crippen molar-refractivity contribution in [2.24, 2.45) is 0 Å². The van der Waals surface area contributed by atoms with Crippen molar-refractivity contribution in [2.75, 3.05) is 58.3 Å². The number of halogens is 3. The van der Waals surface area contributed by atoms with Gasteiger partial charge >= 0.3 is 6.18 Å². The molecule has 9 nitrogen and oxygen atoms in total. The largest absolute Gasteiger partial charge is 0.416 e. The molecule has 0 saturated carbocycles. The fourth-order valence-corrected chi connectivity index (χ4v) is 6.41. The molecule has 12 heteroatoms. The smallest absolute Gasteiger partial charge is 0.368 e. The van der Waals surface area contributed by atoms with Crippen molar-refractivity contribution >= 4 is 29.5 Å². The first-order chi connectivity index (χ1) is 25.9. The minimum absolute atomic E-state index is 0.0596. The number of alkyl halides is 3. The molecule has 1 aliphatic rings. The Morgan fingerprint density at radius 2 is 1.41 bits per heavy atom. The highest BCUT2D eigenvalue weighted by atomic mass is 19.4. The van der Waals surface area contributed by atoms with Crippen LogP contribution in [0.15, 0.2) is 109 Å². The van der Waals surface area contributed by atoms with Crippen LogP contribution in [0, 0.1) is 0 Å². The van der Waals surface area contributed by atoms with Crippen molar-refractivity contribution < 1.29 is 27.6 Å². The van der Waals surface area contributed by atoms with Crippen LogP contribution in [-0.2, 0) is 40.1 Å². The zero-order valence-electron chi connectivity index (χ0n) is 31.0. The number of benzene rings is 3. The zero-order chi connectivity index (χ0) is 38.7. The van der Waals surface area contributed by atoms with E-state index in [0.29, 0.717) is 51.4 Å². The zero-order valence-corrected chi connectivity index (χ0v) is 31.0. The molecule has 1 aliphatic heterocycles. The van der Waals surface area contributed by atoms with Gasteiger partial charge in [-0.2, -0.15) is 13.2 Å². The lowest BCUT2D eigenvalue weighted by Crippen LogP contribution is -2.51. The normalized spacial score (nSPS) is 14.0. The third-order valence-electron chi connectivity index (χ3n) is 9.65. The number of piperazine rings is 1. The highest BCUT2D eigenvalue weighted by Gasteiger charge is 2.32. The lowest BCUT2D eigenvalue weighted by Gasteiger charge is -2.36. The first-order valence-corrected chi connectivity index (χ1v) is 18.0. The van der Waals surface area contributed by atoms with Crippen molar-refractivity contribution in [3.05, 3.63) is 137 Å². The van der Waals surface area contributed by atoms with E-state index in [1.165, 1.54) is 24.3 Å². The Labute approximate surface area is 315 Å².